The molecule has 0 unspecified atom stereocenters. The minimum absolute atomic E-state index is 0.253. The molecule has 0 N–H and O–H groups in total. The Labute approximate surface area is 331 Å². The van der Waals surface area contributed by atoms with Gasteiger partial charge < -0.3 is 0 Å². The molecule has 4 aromatic carbocycles. The molecule has 0 radical (unpaired) electrons. The smallest absolute Gasteiger partial charge is 0.137 e. The number of rotatable bonds is 6. The maximum absolute atomic E-state index is 14.3. The van der Waals surface area contributed by atoms with E-state index >= 15 is 0 Å². The van der Waals surface area contributed by atoms with E-state index in [4.69, 9.17) is 11.6 Å². The first-order chi connectivity index (χ1) is 28.2. The van der Waals surface area contributed by atoms with Crippen LogP contribution in [0.1, 0.15) is 0 Å². The molecule has 6 heterocycles. The van der Waals surface area contributed by atoms with Gasteiger partial charge in [-0.25, -0.2) is 41.3 Å². The van der Waals surface area contributed by atoms with E-state index in [9.17, 15) is 22.0 Å². The summed E-state index contributed by atoms with van der Waals surface area (Å²) in [6, 6.07) is 31.6. The molecular weight excluding hydrogens is 771 g/mol. The highest BCUT2D eigenvalue weighted by molar-refractivity contribution is 6.30. The highest BCUT2D eigenvalue weighted by Gasteiger charge is 2.16. The van der Waals surface area contributed by atoms with Gasteiger partial charge in [0.05, 0.1) is 58.9 Å². The largest absolute Gasteiger partial charge is 0.299 e. The van der Waals surface area contributed by atoms with Crippen LogP contribution in [-0.4, -0.2) is 38.3 Å². The van der Waals surface area contributed by atoms with E-state index < -0.39 is 23.3 Å². The molecule has 0 aliphatic heterocycles. The molecule has 8 nitrogen and oxygen atoms in total. The summed E-state index contributed by atoms with van der Waals surface area (Å²) in [4.78, 5) is 8.65. The summed E-state index contributed by atoms with van der Waals surface area (Å²) >= 11 is 5.99. The lowest BCUT2D eigenvalue weighted by molar-refractivity contribution is 0.584. The van der Waals surface area contributed by atoms with Crippen molar-refractivity contribution in [1.82, 2.24) is 38.3 Å². The molecule has 0 amide bonds. The second kappa shape index (κ2) is 14.9. The van der Waals surface area contributed by atoms with Crippen LogP contribution in [0.15, 0.2) is 159 Å². The van der Waals surface area contributed by atoms with Crippen molar-refractivity contribution in [2.24, 2.45) is 0 Å². The summed E-state index contributed by atoms with van der Waals surface area (Å²) < 4.78 is 75.5. The van der Waals surface area contributed by atoms with Gasteiger partial charge in [-0.3, -0.25) is 8.80 Å². The standard InChI is InChI=1S/C22H13ClF2N4.C22H13F3N4/c2*23-15-2-5-17(6-3-15)29-20(9-10-27-29)14-1-8-22-26-12-21(28(22)13-14)18-7-4-16(24)11-19(18)25/h2*1-13H. The number of nitrogens with zero attached hydrogens (tertiary/aromatic N) is 8. The van der Waals surface area contributed by atoms with Gasteiger partial charge in [-0.2, -0.15) is 10.2 Å². The molecule has 0 aliphatic rings. The third kappa shape index (κ3) is 6.88. The maximum Gasteiger partial charge on any atom is 0.137 e. The molecule has 284 valence electrons. The Morgan fingerprint density at radius 2 is 0.862 bits per heavy atom. The predicted octanol–water partition coefficient (Wildman–Crippen LogP) is 11.1. The number of benzene rings is 4. The molecule has 58 heavy (non-hydrogen) atoms. The van der Waals surface area contributed by atoms with Crippen LogP contribution in [0.2, 0.25) is 5.02 Å². The van der Waals surface area contributed by atoms with Crippen molar-refractivity contribution in [3.05, 3.63) is 193 Å². The molecular formula is C44H26ClF5N8. The zero-order chi connectivity index (χ0) is 39.9. The van der Waals surface area contributed by atoms with Crippen molar-refractivity contribution >= 4 is 22.9 Å². The molecule has 14 heteroatoms. The second-order valence-corrected chi connectivity index (χ2v) is 13.5. The molecule has 6 aromatic heterocycles. The van der Waals surface area contributed by atoms with Crippen molar-refractivity contribution in [3.8, 4) is 56.4 Å². The molecule has 0 spiro atoms. The fourth-order valence-electron chi connectivity index (χ4n) is 6.68. The highest BCUT2D eigenvalue weighted by Crippen LogP contribution is 2.30. The molecule has 0 saturated heterocycles. The van der Waals surface area contributed by atoms with Gasteiger partial charge >= 0.3 is 0 Å². The van der Waals surface area contributed by atoms with Crippen molar-refractivity contribution in [3.63, 3.8) is 0 Å². The zero-order valence-electron chi connectivity index (χ0n) is 29.9. The Morgan fingerprint density at radius 1 is 0.431 bits per heavy atom. The first-order valence-electron chi connectivity index (χ1n) is 17.7. The van der Waals surface area contributed by atoms with E-state index in [2.05, 4.69) is 20.2 Å². The van der Waals surface area contributed by atoms with Gasteiger partial charge in [0.25, 0.3) is 0 Å². The SMILES string of the molecule is Fc1ccc(-c2cnc3ccc(-c4ccnn4-c4ccc(Cl)cc4)cn23)c(F)c1.Fc1ccc(-n2nccc2-c2ccc3ncc(-c4ccc(F)cc4F)n3c2)cc1. The zero-order valence-corrected chi connectivity index (χ0v) is 30.6. The number of fused-ring (bicyclic) bond motifs is 2. The molecule has 0 fully saturated rings. The van der Waals surface area contributed by atoms with Crippen LogP contribution in [0, 0.1) is 29.1 Å². The third-order valence-corrected chi connectivity index (χ3v) is 9.70. The van der Waals surface area contributed by atoms with Gasteiger partial charge in [-0.05, 0) is 109 Å². The molecule has 10 aromatic rings. The van der Waals surface area contributed by atoms with Crippen LogP contribution in [0.3, 0.4) is 0 Å². The van der Waals surface area contributed by atoms with Gasteiger partial charge in [0, 0.05) is 51.8 Å². The van der Waals surface area contributed by atoms with Crippen molar-refractivity contribution < 1.29 is 22.0 Å². The summed E-state index contributed by atoms with van der Waals surface area (Å²) in [6.07, 6.45) is 10.2. The van der Waals surface area contributed by atoms with E-state index in [-0.39, 0.29) is 16.9 Å². The summed E-state index contributed by atoms with van der Waals surface area (Å²) in [5, 5.41) is 9.39. The summed E-state index contributed by atoms with van der Waals surface area (Å²) in [7, 11) is 0. The quantitative estimate of drug-likeness (QED) is 0.157. The van der Waals surface area contributed by atoms with Crippen molar-refractivity contribution in [2.45, 2.75) is 0 Å². The molecule has 0 saturated carbocycles. The Hall–Kier alpha value is -7.38. The Balaban J connectivity index is 0.000000150. The minimum Gasteiger partial charge on any atom is -0.299 e. The Kier molecular flexibility index (Phi) is 9.34. The topological polar surface area (TPSA) is 70.2 Å². The fourth-order valence-corrected chi connectivity index (χ4v) is 6.80. The third-order valence-electron chi connectivity index (χ3n) is 9.44. The minimum atomic E-state index is -0.659. The van der Waals surface area contributed by atoms with Gasteiger partial charge in [0.1, 0.15) is 40.4 Å². The van der Waals surface area contributed by atoms with Crippen molar-refractivity contribution in [2.75, 3.05) is 0 Å². The average molecular weight is 797 g/mol. The fraction of sp³-hybridized carbons (Fsp3) is 0. The van der Waals surface area contributed by atoms with E-state index in [0.717, 1.165) is 40.3 Å². The second-order valence-electron chi connectivity index (χ2n) is 13.0. The van der Waals surface area contributed by atoms with E-state index in [1.54, 1.807) is 67.2 Å². The molecule has 0 atom stereocenters. The van der Waals surface area contributed by atoms with Crippen LogP contribution in [-0.2, 0) is 0 Å². The van der Waals surface area contributed by atoms with Crippen molar-refractivity contribution in [1.29, 1.82) is 0 Å². The Morgan fingerprint density at radius 3 is 1.31 bits per heavy atom. The van der Waals surface area contributed by atoms with E-state index in [1.165, 1.54) is 36.4 Å². The number of aromatic nitrogens is 8. The lowest BCUT2D eigenvalue weighted by Gasteiger charge is -2.10. The summed E-state index contributed by atoms with van der Waals surface area (Å²) in [6.45, 7) is 0. The first-order valence-corrected chi connectivity index (χ1v) is 18.0. The number of imidazole rings is 2. The van der Waals surface area contributed by atoms with Crippen LogP contribution < -0.4 is 0 Å². The highest BCUT2D eigenvalue weighted by atomic mass is 35.5. The number of hydrogen-bond donors (Lipinski definition) is 0. The maximum atomic E-state index is 14.3. The number of halogens is 6. The number of pyridine rings is 2. The van der Waals surface area contributed by atoms with Gasteiger partial charge in [-0.15, -0.1) is 0 Å². The Bertz CT molecular complexity index is 2890. The first kappa shape index (κ1) is 36.3. The monoisotopic (exact) mass is 796 g/mol. The van der Waals surface area contributed by atoms with Crippen LogP contribution >= 0.6 is 11.6 Å². The predicted molar refractivity (Wildman–Crippen MR) is 211 cm³/mol. The summed E-state index contributed by atoms with van der Waals surface area (Å²) in [5.74, 6) is -2.87. The van der Waals surface area contributed by atoms with Gasteiger partial charge in [0.15, 0.2) is 0 Å². The number of hydrogen-bond acceptors (Lipinski definition) is 4. The molecule has 0 bridgehead atoms. The lowest BCUT2D eigenvalue weighted by atomic mass is 10.1. The average Bonchev–Trinajstić information content (AvgIpc) is 4.05. The molecule has 0 aliphatic carbocycles. The van der Waals surface area contributed by atoms with Crippen LogP contribution in [0.4, 0.5) is 22.0 Å². The van der Waals surface area contributed by atoms with Crippen LogP contribution in [0.5, 0.6) is 0 Å². The van der Waals surface area contributed by atoms with Gasteiger partial charge in [-0.1, -0.05) is 11.6 Å². The van der Waals surface area contributed by atoms with Gasteiger partial charge in [0.2, 0.25) is 0 Å². The van der Waals surface area contributed by atoms with E-state index in [0.29, 0.717) is 33.4 Å². The van der Waals surface area contributed by atoms with Crippen LogP contribution in [0.25, 0.3) is 67.7 Å². The lowest BCUT2D eigenvalue weighted by Crippen LogP contribution is -2.00. The normalized spacial score (nSPS) is 11.3. The summed E-state index contributed by atoms with van der Waals surface area (Å²) in [5.41, 5.74) is 7.74. The van der Waals surface area contributed by atoms with E-state index in [1.807, 2.05) is 60.9 Å². The molecule has 10 rings (SSSR count).